The first-order valence-corrected chi connectivity index (χ1v) is 8.50. The Morgan fingerprint density at radius 1 is 1.00 bits per heavy atom. The largest absolute Gasteiger partial charge is 0.486 e. The summed E-state index contributed by atoms with van der Waals surface area (Å²) in [7, 11) is 1.31. The molecule has 3 aromatic rings. The number of esters is 1. The SMILES string of the molecule is COC(=O)c1ccc(NC(=O)c2cc(-c3ccc4c(c3)OCCO4)on2)cc1. The summed E-state index contributed by atoms with van der Waals surface area (Å²) in [5.41, 5.74) is 1.75. The number of hydrogen-bond donors (Lipinski definition) is 1. The van der Waals surface area contributed by atoms with Gasteiger partial charge in [-0.25, -0.2) is 4.79 Å². The molecule has 1 N–H and O–H groups in total. The fourth-order valence-electron chi connectivity index (χ4n) is 2.72. The first kappa shape index (κ1) is 17.6. The number of nitrogens with one attached hydrogen (secondary N) is 1. The summed E-state index contributed by atoms with van der Waals surface area (Å²) < 4.78 is 21.0. The molecular weight excluding hydrogens is 364 g/mol. The Hall–Kier alpha value is -3.81. The topological polar surface area (TPSA) is 99.9 Å². The van der Waals surface area contributed by atoms with Crippen molar-refractivity contribution in [1.82, 2.24) is 5.16 Å². The highest BCUT2D eigenvalue weighted by Gasteiger charge is 2.17. The van der Waals surface area contributed by atoms with Crippen LogP contribution >= 0.6 is 0 Å². The highest BCUT2D eigenvalue weighted by atomic mass is 16.6. The summed E-state index contributed by atoms with van der Waals surface area (Å²) in [5.74, 6) is 0.847. The van der Waals surface area contributed by atoms with Gasteiger partial charge >= 0.3 is 5.97 Å². The molecule has 2 aromatic carbocycles. The Balaban J connectivity index is 1.48. The van der Waals surface area contributed by atoms with Crippen molar-refractivity contribution in [1.29, 1.82) is 0 Å². The van der Waals surface area contributed by atoms with E-state index in [0.29, 0.717) is 41.7 Å². The Bertz CT molecular complexity index is 1030. The predicted octanol–water partition coefficient (Wildman–Crippen LogP) is 3.15. The van der Waals surface area contributed by atoms with Crippen molar-refractivity contribution in [3.63, 3.8) is 0 Å². The van der Waals surface area contributed by atoms with E-state index in [1.165, 1.54) is 7.11 Å². The second-order valence-electron chi connectivity index (χ2n) is 5.96. The molecule has 0 spiro atoms. The summed E-state index contributed by atoms with van der Waals surface area (Å²) in [6, 6.07) is 13.2. The van der Waals surface area contributed by atoms with Crippen LogP contribution in [-0.2, 0) is 4.74 Å². The summed E-state index contributed by atoms with van der Waals surface area (Å²) >= 11 is 0. The smallest absolute Gasteiger partial charge is 0.337 e. The first-order valence-electron chi connectivity index (χ1n) is 8.50. The molecule has 0 bridgehead atoms. The van der Waals surface area contributed by atoms with E-state index in [9.17, 15) is 9.59 Å². The van der Waals surface area contributed by atoms with Gasteiger partial charge in [-0.2, -0.15) is 0 Å². The van der Waals surface area contributed by atoms with Crippen LogP contribution in [0.1, 0.15) is 20.8 Å². The Morgan fingerprint density at radius 2 is 1.75 bits per heavy atom. The number of benzene rings is 2. The van der Waals surface area contributed by atoms with Gasteiger partial charge in [-0.1, -0.05) is 5.16 Å². The van der Waals surface area contributed by atoms with E-state index in [1.807, 2.05) is 0 Å². The molecule has 0 fully saturated rings. The van der Waals surface area contributed by atoms with Gasteiger partial charge in [-0.05, 0) is 42.5 Å². The average molecular weight is 380 g/mol. The van der Waals surface area contributed by atoms with Crippen LogP contribution < -0.4 is 14.8 Å². The lowest BCUT2D eigenvalue weighted by atomic mass is 10.1. The van der Waals surface area contributed by atoms with E-state index in [0.717, 1.165) is 5.56 Å². The number of ether oxygens (including phenoxy) is 3. The number of hydrogen-bond acceptors (Lipinski definition) is 7. The van der Waals surface area contributed by atoms with Gasteiger partial charge in [0.2, 0.25) is 0 Å². The summed E-state index contributed by atoms with van der Waals surface area (Å²) in [5, 5.41) is 6.53. The monoisotopic (exact) mass is 380 g/mol. The first-order chi connectivity index (χ1) is 13.6. The van der Waals surface area contributed by atoms with Gasteiger partial charge in [0.05, 0.1) is 12.7 Å². The third kappa shape index (κ3) is 3.52. The Labute approximate surface area is 160 Å². The van der Waals surface area contributed by atoms with E-state index >= 15 is 0 Å². The van der Waals surface area contributed by atoms with Crippen LogP contribution in [0.15, 0.2) is 53.1 Å². The lowest BCUT2D eigenvalue weighted by molar-refractivity contribution is 0.0600. The van der Waals surface area contributed by atoms with Crippen LogP contribution in [-0.4, -0.2) is 37.4 Å². The standard InChI is InChI=1S/C20H16N2O6/c1-25-20(24)12-2-5-14(6-3-12)21-19(23)15-11-17(28-22-15)13-4-7-16-18(10-13)27-9-8-26-16/h2-7,10-11H,8-9H2,1H3,(H,21,23). The fourth-order valence-corrected chi connectivity index (χ4v) is 2.72. The number of nitrogens with zero attached hydrogens (tertiary/aromatic N) is 1. The van der Waals surface area contributed by atoms with E-state index in [1.54, 1.807) is 48.5 Å². The quantitative estimate of drug-likeness (QED) is 0.694. The van der Waals surface area contributed by atoms with Gasteiger partial charge < -0.3 is 24.1 Å². The van der Waals surface area contributed by atoms with Gasteiger partial charge in [-0.15, -0.1) is 0 Å². The molecule has 1 aromatic heterocycles. The van der Waals surface area contributed by atoms with Crippen molar-refractivity contribution in [3.8, 4) is 22.8 Å². The van der Waals surface area contributed by atoms with Crippen molar-refractivity contribution in [2.75, 3.05) is 25.6 Å². The fraction of sp³-hybridized carbons (Fsp3) is 0.150. The lowest BCUT2D eigenvalue weighted by Crippen LogP contribution is -2.15. The van der Waals surface area contributed by atoms with E-state index in [2.05, 4.69) is 15.2 Å². The van der Waals surface area contributed by atoms with Crippen LogP contribution in [0.25, 0.3) is 11.3 Å². The van der Waals surface area contributed by atoms with E-state index in [4.69, 9.17) is 14.0 Å². The van der Waals surface area contributed by atoms with Gasteiger partial charge in [0.15, 0.2) is 23.0 Å². The molecule has 142 valence electrons. The molecule has 1 aliphatic heterocycles. The van der Waals surface area contributed by atoms with Crippen molar-refractivity contribution < 1.29 is 28.3 Å². The number of rotatable bonds is 4. The minimum absolute atomic E-state index is 0.127. The van der Waals surface area contributed by atoms with Gasteiger partial charge in [0.25, 0.3) is 5.91 Å². The highest BCUT2D eigenvalue weighted by Crippen LogP contribution is 2.34. The normalized spacial score (nSPS) is 12.3. The summed E-state index contributed by atoms with van der Waals surface area (Å²) in [6.45, 7) is 0.995. The molecule has 28 heavy (non-hydrogen) atoms. The van der Waals surface area contributed by atoms with E-state index < -0.39 is 11.9 Å². The number of aromatic nitrogens is 1. The van der Waals surface area contributed by atoms with Gasteiger partial charge in [0.1, 0.15) is 13.2 Å². The number of fused-ring (bicyclic) bond motifs is 1. The number of methoxy groups -OCH3 is 1. The van der Waals surface area contributed by atoms with Crippen LogP contribution in [0.3, 0.4) is 0 Å². The van der Waals surface area contributed by atoms with Crippen molar-refractivity contribution in [2.24, 2.45) is 0 Å². The molecule has 4 rings (SSSR count). The molecule has 0 aliphatic carbocycles. The maximum Gasteiger partial charge on any atom is 0.337 e. The van der Waals surface area contributed by atoms with Crippen LogP contribution in [0.5, 0.6) is 11.5 Å². The number of carbonyl (C=O) groups excluding carboxylic acids is 2. The van der Waals surface area contributed by atoms with Crippen LogP contribution in [0.2, 0.25) is 0 Å². The summed E-state index contributed by atoms with van der Waals surface area (Å²) in [4.78, 5) is 23.8. The second-order valence-corrected chi connectivity index (χ2v) is 5.96. The number of carbonyl (C=O) groups is 2. The molecule has 0 saturated carbocycles. The molecule has 1 aliphatic rings. The van der Waals surface area contributed by atoms with Crippen LogP contribution in [0.4, 0.5) is 5.69 Å². The predicted molar refractivity (Wildman–Crippen MR) is 98.7 cm³/mol. The minimum Gasteiger partial charge on any atom is -0.486 e. The van der Waals surface area contributed by atoms with Crippen LogP contribution in [0, 0.1) is 0 Å². The highest BCUT2D eigenvalue weighted by molar-refractivity contribution is 6.03. The van der Waals surface area contributed by atoms with Gasteiger partial charge in [-0.3, -0.25) is 4.79 Å². The van der Waals surface area contributed by atoms with E-state index in [-0.39, 0.29) is 5.69 Å². The maximum absolute atomic E-state index is 12.4. The number of amides is 1. The molecule has 0 unspecified atom stereocenters. The molecular formula is C20H16N2O6. The second kappa shape index (κ2) is 7.43. The van der Waals surface area contributed by atoms with Crippen molar-refractivity contribution >= 4 is 17.6 Å². The van der Waals surface area contributed by atoms with Crippen molar-refractivity contribution in [3.05, 3.63) is 59.8 Å². The van der Waals surface area contributed by atoms with Gasteiger partial charge in [0, 0.05) is 17.3 Å². The molecule has 0 saturated heterocycles. The average Bonchev–Trinajstić information content (AvgIpc) is 3.24. The Morgan fingerprint density at radius 3 is 2.50 bits per heavy atom. The third-order valence-corrected chi connectivity index (χ3v) is 4.13. The minimum atomic E-state index is -0.446. The molecule has 0 radical (unpaired) electrons. The van der Waals surface area contributed by atoms with Crippen molar-refractivity contribution in [2.45, 2.75) is 0 Å². The molecule has 0 atom stereocenters. The molecule has 2 heterocycles. The maximum atomic E-state index is 12.4. The third-order valence-electron chi connectivity index (χ3n) is 4.13. The zero-order valence-corrected chi connectivity index (χ0v) is 14.9. The zero-order chi connectivity index (χ0) is 19.5. The zero-order valence-electron chi connectivity index (χ0n) is 14.9. The molecule has 8 heteroatoms. The summed E-state index contributed by atoms with van der Waals surface area (Å²) in [6.07, 6.45) is 0. The molecule has 1 amide bonds. The Kier molecular flexibility index (Phi) is 4.67. The lowest BCUT2D eigenvalue weighted by Gasteiger charge is -2.18. The number of anilines is 1. The molecule has 8 nitrogen and oxygen atoms in total.